The van der Waals surface area contributed by atoms with Gasteiger partial charge in [-0.2, -0.15) is 0 Å². The van der Waals surface area contributed by atoms with Crippen molar-refractivity contribution in [2.75, 3.05) is 0 Å². The van der Waals surface area contributed by atoms with E-state index in [4.69, 9.17) is 4.99 Å². The van der Waals surface area contributed by atoms with Crippen LogP contribution in [0, 0.1) is 20.8 Å². The van der Waals surface area contributed by atoms with Gasteiger partial charge in [0.05, 0.1) is 11.4 Å². The largest absolute Gasteiger partial charge is 0.358 e. The van der Waals surface area contributed by atoms with Crippen molar-refractivity contribution in [2.45, 2.75) is 107 Å². The van der Waals surface area contributed by atoms with Gasteiger partial charge in [0.15, 0.2) is 0 Å². The molecule has 0 saturated heterocycles. The minimum Gasteiger partial charge on any atom is -0.358 e. The minimum atomic E-state index is 1.15. The minimum absolute atomic E-state index is 1.15. The second-order valence-corrected chi connectivity index (χ2v) is 10.2. The van der Waals surface area contributed by atoms with E-state index in [0.29, 0.717) is 0 Å². The van der Waals surface area contributed by atoms with Crippen molar-refractivity contribution in [1.29, 1.82) is 0 Å². The molecular formula is C31H43BrN2. The summed E-state index contributed by atoms with van der Waals surface area (Å²) < 4.78 is 1.15. The van der Waals surface area contributed by atoms with E-state index < -0.39 is 0 Å². The van der Waals surface area contributed by atoms with Gasteiger partial charge in [0.2, 0.25) is 0 Å². The maximum Gasteiger partial charge on any atom is 0.0767 e. The monoisotopic (exact) mass is 522 g/mol. The van der Waals surface area contributed by atoms with Gasteiger partial charge in [-0.1, -0.05) is 43.6 Å². The lowest BCUT2D eigenvalue weighted by Gasteiger charge is -2.21. The maximum absolute atomic E-state index is 5.24. The fourth-order valence-corrected chi connectivity index (χ4v) is 6.58. The van der Waals surface area contributed by atoms with Crippen LogP contribution in [0.25, 0.3) is 5.57 Å². The number of halogens is 1. The van der Waals surface area contributed by atoms with Crippen molar-refractivity contribution in [3.05, 3.63) is 72.7 Å². The maximum atomic E-state index is 5.24. The number of nitrogens with one attached hydrogen (secondary N) is 1. The fraction of sp³-hybridized carbons (Fsp3) is 0.516. The SMILES string of the molecule is CC.CC.CC1=N/C(=C(\c2[nH]c(C)c3c2CCCC3)c2c(C)cc(Br)cc2C)C2=C1CCCC2. The summed E-state index contributed by atoms with van der Waals surface area (Å²) in [7, 11) is 0. The van der Waals surface area contributed by atoms with Crippen LogP contribution in [-0.4, -0.2) is 10.7 Å². The molecule has 3 aliphatic rings. The third-order valence-corrected chi connectivity index (χ3v) is 7.70. The van der Waals surface area contributed by atoms with Gasteiger partial charge in [-0.25, -0.2) is 0 Å². The Morgan fingerprint density at radius 1 is 0.765 bits per heavy atom. The molecule has 2 aliphatic carbocycles. The Hall–Kier alpha value is -1.87. The van der Waals surface area contributed by atoms with E-state index in [0.717, 1.165) is 10.9 Å². The zero-order valence-electron chi connectivity index (χ0n) is 22.6. The fourth-order valence-electron chi connectivity index (χ4n) is 5.89. The summed E-state index contributed by atoms with van der Waals surface area (Å²) in [6, 6.07) is 4.51. The molecule has 1 aliphatic heterocycles. The van der Waals surface area contributed by atoms with E-state index in [1.165, 1.54) is 101 Å². The summed E-state index contributed by atoms with van der Waals surface area (Å²) in [6.07, 6.45) is 9.88. The van der Waals surface area contributed by atoms with Crippen LogP contribution in [0.1, 0.15) is 112 Å². The Bertz CT molecular complexity index is 1120. The average molecular weight is 524 g/mol. The van der Waals surface area contributed by atoms with E-state index in [1.54, 1.807) is 11.1 Å². The molecule has 2 heterocycles. The van der Waals surface area contributed by atoms with E-state index in [1.807, 2.05) is 27.7 Å². The number of aryl methyl sites for hydroxylation is 3. The van der Waals surface area contributed by atoms with Gasteiger partial charge < -0.3 is 4.98 Å². The molecule has 2 nitrogen and oxygen atoms in total. The molecule has 1 aromatic heterocycles. The lowest BCUT2D eigenvalue weighted by molar-refractivity contribution is 0.686. The number of hydrogen-bond donors (Lipinski definition) is 1. The van der Waals surface area contributed by atoms with Crippen LogP contribution in [0.2, 0.25) is 0 Å². The Morgan fingerprint density at radius 3 is 1.91 bits per heavy atom. The quantitative estimate of drug-likeness (QED) is 0.406. The number of H-pyrrole nitrogens is 1. The highest BCUT2D eigenvalue weighted by molar-refractivity contribution is 9.10. The smallest absolute Gasteiger partial charge is 0.0767 e. The molecule has 0 unspecified atom stereocenters. The molecular weight excluding hydrogens is 480 g/mol. The first-order valence-corrected chi connectivity index (χ1v) is 14.2. The molecule has 1 aromatic carbocycles. The highest BCUT2D eigenvalue weighted by atomic mass is 79.9. The molecule has 0 saturated carbocycles. The Morgan fingerprint density at radius 2 is 1.29 bits per heavy atom. The average Bonchev–Trinajstić information content (AvgIpc) is 3.36. The molecule has 184 valence electrons. The first kappa shape index (κ1) is 26.7. The zero-order valence-corrected chi connectivity index (χ0v) is 24.2. The third-order valence-electron chi connectivity index (χ3n) is 7.24. The summed E-state index contributed by atoms with van der Waals surface area (Å²) in [5, 5.41) is 0. The molecule has 1 N–H and O–H groups in total. The normalized spacial score (nSPS) is 18.2. The molecule has 34 heavy (non-hydrogen) atoms. The van der Waals surface area contributed by atoms with E-state index in [2.05, 4.69) is 60.7 Å². The second-order valence-electron chi connectivity index (χ2n) is 9.29. The van der Waals surface area contributed by atoms with Crippen molar-refractivity contribution in [1.82, 2.24) is 4.98 Å². The van der Waals surface area contributed by atoms with Crippen LogP contribution < -0.4 is 0 Å². The van der Waals surface area contributed by atoms with Crippen LogP contribution >= 0.6 is 15.9 Å². The third kappa shape index (κ3) is 4.91. The molecule has 5 rings (SSSR count). The number of aliphatic imine (C=N–C) groups is 1. The van der Waals surface area contributed by atoms with Crippen LogP contribution in [0.4, 0.5) is 0 Å². The van der Waals surface area contributed by atoms with Gasteiger partial charge in [-0.3, -0.25) is 4.99 Å². The number of nitrogens with zero attached hydrogens (tertiary/aromatic N) is 1. The molecule has 0 radical (unpaired) electrons. The van der Waals surface area contributed by atoms with Gasteiger partial charge in [-0.15, -0.1) is 0 Å². The summed E-state index contributed by atoms with van der Waals surface area (Å²) in [4.78, 5) is 9.09. The Labute approximate surface area is 216 Å². The highest BCUT2D eigenvalue weighted by Gasteiger charge is 2.31. The van der Waals surface area contributed by atoms with Gasteiger partial charge in [-0.05, 0) is 130 Å². The standard InChI is InChI=1S/C27H31BrN2.2C2H6/c1-15-13-19(28)14-16(2)24(15)25(26-22-11-7-5-9-20(22)17(3)29-26)27-23-12-8-6-10-21(23)18(4)30-27;2*1-2/h13-14,29H,5-12H2,1-4H3;2*1-2H3/b27-25-;;. The van der Waals surface area contributed by atoms with Crippen molar-refractivity contribution in [2.24, 2.45) is 4.99 Å². The Kier molecular flexibility index (Phi) is 9.20. The summed E-state index contributed by atoms with van der Waals surface area (Å²) >= 11 is 3.70. The van der Waals surface area contributed by atoms with Crippen molar-refractivity contribution in [3.8, 4) is 0 Å². The first-order chi connectivity index (χ1) is 16.5. The number of aromatic nitrogens is 1. The van der Waals surface area contributed by atoms with E-state index in [9.17, 15) is 0 Å². The molecule has 0 bridgehead atoms. The molecule has 3 heteroatoms. The number of aromatic amines is 1. The van der Waals surface area contributed by atoms with Crippen LogP contribution in [0.3, 0.4) is 0 Å². The predicted octanol–water partition coefficient (Wildman–Crippen LogP) is 9.74. The van der Waals surface area contributed by atoms with Gasteiger partial charge in [0.25, 0.3) is 0 Å². The van der Waals surface area contributed by atoms with Crippen molar-refractivity contribution >= 4 is 27.2 Å². The summed E-state index contributed by atoms with van der Waals surface area (Å²) in [5.74, 6) is 0. The van der Waals surface area contributed by atoms with Gasteiger partial charge in [0.1, 0.15) is 0 Å². The number of hydrogen-bond acceptors (Lipinski definition) is 1. The van der Waals surface area contributed by atoms with Crippen LogP contribution in [0.5, 0.6) is 0 Å². The summed E-state index contributed by atoms with van der Waals surface area (Å²) in [6.45, 7) is 17.0. The number of fused-ring (bicyclic) bond motifs is 1. The first-order valence-electron chi connectivity index (χ1n) is 13.5. The Balaban J connectivity index is 0.000000771. The number of allylic oxidation sites excluding steroid dienone is 2. The van der Waals surface area contributed by atoms with Crippen molar-refractivity contribution in [3.63, 3.8) is 0 Å². The topological polar surface area (TPSA) is 28.1 Å². The van der Waals surface area contributed by atoms with Crippen LogP contribution in [-0.2, 0) is 12.8 Å². The van der Waals surface area contributed by atoms with Gasteiger partial charge in [0, 0.05) is 21.5 Å². The molecule has 0 atom stereocenters. The van der Waals surface area contributed by atoms with Crippen molar-refractivity contribution < 1.29 is 0 Å². The molecule has 0 amide bonds. The zero-order chi connectivity index (χ0) is 25.0. The second kappa shape index (κ2) is 11.7. The summed E-state index contributed by atoms with van der Waals surface area (Å²) in [5.41, 5.74) is 16.6. The molecule has 0 fully saturated rings. The number of rotatable bonds is 2. The lowest BCUT2D eigenvalue weighted by Crippen LogP contribution is -2.07. The van der Waals surface area contributed by atoms with E-state index in [-0.39, 0.29) is 0 Å². The lowest BCUT2D eigenvalue weighted by atomic mass is 9.83. The molecule has 0 spiro atoms. The van der Waals surface area contributed by atoms with Crippen LogP contribution in [0.15, 0.2) is 38.4 Å². The number of benzene rings is 1. The van der Waals surface area contributed by atoms with Gasteiger partial charge >= 0.3 is 0 Å². The van der Waals surface area contributed by atoms with E-state index >= 15 is 0 Å². The predicted molar refractivity (Wildman–Crippen MR) is 153 cm³/mol. The highest BCUT2D eigenvalue weighted by Crippen LogP contribution is 2.45. The molecule has 2 aromatic rings.